The van der Waals surface area contributed by atoms with Crippen LogP contribution in [0.5, 0.6) is 11.6 Å². The topological polar surface area (TPSA) is 74.7 Å². The minimum Gasteiger partial charge on any atom is -0.495 e. The number of aromatic nitrogens is 1. The SMILES string of the molecule is COc1cccc2c(C3=Nc4ccccc4C3=O)c(O)[nH]c12. The lowest BCUT2D eigenvalue weighted by Gasteiger charge is -2.01. The van der Waals surface area contributed by atoms with E-state index in [4.69, 9.17) is 4.74 Å². The van der Waals surface area contributed by atoms with Crippen LogP contribution >= 0.6 is 0 Å². The highest BCUT2D eigenvalue weighted by molar-refractivity contribution is 6.56. The summed E-state index contributed by atoms with van der Waals surface area (Å²) in [5, 5.41) is 11.0. The Hall–Kier alpha value is -3.08. The molecule has 0 saturated heterocycles. The number of para-hydroxylation sites is 2. The Bertz CT molecular complexity index is 954. The molecule has 2 N–H and O–H groups in total. The summed E-state index contributed by atoms with van der Waals surface area (Å²) in [5.74, 6) is 0.330. The van der Waals surface area contributed by atoms with E-state index in [1.165, 1.54) is 0 Å². The summed E-state index contributed by atoms with van der Waals surface area (Å²) in [6, 6.07) is 12.6. The first-order valence-electron chi connectivity index (χ1n) is 6.81. The lowest BCUT2D eigenvalue weighted by Crippen LogP contribution is -2.10. The van der Waals surface area contributed by atoms with E-state index in [-0.39, 0.29) is 17.4 Å². The van der Waals surface area contributed by atoms with Gasteiger partial charge >= 0.3 is 0 Å². The number of nitrogens with one attached hydrogen (secondary N) is 1. The molecule has 1 aliphatic rings. The molecule has 2 aromatic carbocycles. The average molecular weight is 292 g/mol. The molecule has 1 aromatic heterocycles. The van der Waals surface area contributed by atoms with E-state index < -0.39 is 0 Å². The Morgan fingerprint density at radius 1 is 1.14 bits per heavy atom. The molecule has 0 unspecified atom stereocenters. The smallest absolute Gasteiger partial charge is 0.214 e. The predicted molar refractivity (Wildman–Crippen MR) is 83.5 cm³/mol. The molecular weight excluding hydrogens is 280 g/mol. The normalized spacial score (nSPS) is 13.3. The van der Waals surface area contributed by atoms with E-state index in [0.717, 1.165) is 0 Å². The molecule has 0 fully saturated rings. The maximum atomic E-state index is 12.6. The fourth-order valence-corrected chi connectivity index (χ4v) is 2.82. The first-order valence-corrected chi connectivity index (χ1v) is 6.81. The molecule has 3 aromatic rings. The molecule has 2 heterocycles. The molecular formula is C17H12N2O3. The van der Waals surface area contributed by atoms with Gasteiger partial charge < -0.3 is 14.8 Å². The zero-order valence-corrected chi connectivity index (χ0v) is 11.8. The number of hydrogen-bond donors (Lipinski definition) is 2. The third-order valence-corrected chi connectivity index (χ3v) is 3.83. The fourth-order valence-electron chi connectivity index (χ4n) is 2.82. The van der Waals surface area contributed by atoms with E-state index in [1.807, 2.05) is 18.2 Å². The summed E-state index contributed by atoms with van der Waals surface area (Å²) in [7, 11) is 1.56. The molecule has 0 atom stereocenters. The molecule has 5 nitrogen and oxygen atoms in total. The Morgan fingerprint density at radius 3 is 2.73 bits per heavy atom. The second-order valence-corrected chi connectivity index (χ2v) is 5.04. The van der Waals surface area contributed by atoms with E-state index in [9.17, 15) is 9.90 Å². The van der Waals surface area contributed by atoms with Crippen LogP contribution < -0.4 is 4.74 Å². The van der Waals surface area contributed by atoms with Gasteiger partial charge in [-0.3, -0.25) is 4.79 Å². The second kappa shape index (κ2) is 4.46. The van der Waals surface area contributed by atoms with Crippen molar-refractivity contribution in [3.8, 4) is 11.6 Å². The maximum Gasteiger partial charge on any atom is 0.214 e. The van der Waals surface area contributed by atoms with Gasteiger partial charge in [-0.05, 0) is 18.2 Å². The van der Waals surface area contributed by atoms with Gasteiger partial charge in [0.25, 0.3) is 0 Å². The van der Waals surface area contributed by atoms with Crippen LogP contribution in [-0.4, -0.2) is 28.7 Å². The second-order valence-electron chi connectivity index (χ2n) is 5.04. The van der Waals surface area contributed by atoms with Crippen molar-refractivity contribution in [2.75, 3.05) is 7.11 Å². The maximum absolute atomic E-state index is 12.6. The van der Waals surface area contributed by atoms with Gasteiger partial charge in [0.05, 0.1) is 23.9 Å². The number of carbonyl (C=O) groups excluding carboxylic acids is 1. The molecule has 4 rings (SSSR count). The summed E-state index contributed by atoms with van der Waals surface area (Å²) in [5.41, 5.74) is 2.48. The van der Waals surface area contributed by atoms with E-state index in [0.29, 0.717) is 33.5 Å². The number of benzene rings is 2. The Morgan fingerprint density at radius 2 is 1.95 bits per heavy atom. The van der Waals surface area contributed by atoms with Gasteiger partial charge in [0.1, 0.15) is 11.5 Å². The molecule has 0 bridgehead atoms. The largest absolute Gasteiger partial charge is 0.495 e. The van der Waals surface area contributed by atoms with E-state index >= 15 is 0 Å². The number of ketones is 1. The van der Waals surface area contributed by atoms with Crippen molar-refractivity contribution < 1.29 is 14.6 Å². The van der Waals surface area contributed by atoms with Crippen molar-refractivity contribution in [2.24, 2.45) is 4.99 Å². The Labute approximate surface area is 125 Å². The number of hydrogen-bond acceptors (Lipinski definition) is 4. The van der Waals surface area contributed by atoms with Gasteiger partial charge in [-0.2, -0.15) is 0 Å². The first kappa shape index (κ1) is 12.6. The molecule has 1 aliphatic heterocycles. The van der Waals surface area contributed by atoms with Gasteiger partial charge in [0, 0.05) is 10.9 Å². The molecule has 0 amide bonds. The zero-order chi connectivity index (χ0) is 15.3. The molecule has 5 heteroatoms. The minimum atomic E-state index is -0.186. The van der Waals surface area contributed by atoms with Crippen molar-refractivity contribution in [3.63, 3.8) is 0 Å². The number of ether oxygens (including phenoxy) is 1. The Balaban J connectivity index is 1.97. The minimum absolute atomic E-state index is 0.0839. The number of methoxy groups -OCH3 is 1. The van der Waals surface area contributed by atoms with E-state index in [1.54, 1.807) is 31.4 Å². The summed E-state index contributed by atoms with van der Waals surface area (Å²) >= 11 is 0. The number of Topliss-reactive ketones (excluding diaryl/α,β-unsaturated/α-hetero) is 1. The zero-order valence-electron chi connectivity index (χ0n) is 11.8. The summed E-state index contributed by atoms with van der Waals surface area (Å²) in [6.07, 6.45) is 0. The molecule has 22 heavy (non-hydrogen) atoms. The van der Waals surface area contributed by atoms with Crippen LogP contribution in [0.2, 0.25) is 0 Å². The third-order valence-electron chi connectivity index (χ3n) is 3.83. The van der Waals surface area contributed by atoms with Gasteiger partial charge in [0.2, 0.25) is 5.78 Å². The quantitative estimate of drug-likeness (QED) is 0.761. The fraction of sp³-hybridized carbons (Fsp3) is 0.0588. The summed E-state index contributed by atoms with van der Waals surface area (Å²) in [4.78, 5) is 19.8. The highest BCUT2D eigenvalue weighted by Crippen LogP contribution is 2.37. The van der Waals surface area contributed by atoms with Crippen molar-refractivity contribution in [1.82, 2.24) is 4.98 Å². The number of H-pyrrole nitrogens is 1. The van der Waals surface area contributed by atoms with Crippen LogP contribution in [-0.2, 0) is 0 Å². The van der Waals surface area contributed by atoms with Gasteiger partial charge in [-0.15, -0.1) is 0 Å². The highest BCUT2D eigenvalue weighted by Gasteiger charge is 2.30. The molecule has 0 radical (unpaired) electrons. The van der Waals surface area contributed by atoms with Gasteiger partial charge in [-0.1, -0.05) is 24.3 Å². The highest BCUT2D eigenvalue weighted by atomic mass is 16.5. The number of aromatic hydroxyl groups is 1. The third kappa shape index (κ3) is 1.59. The van der Waals surface area contributed by atoms with Crippen LogP contribution in [0.4, 0.5) is 5.69 Å². The number of aromatic amines is 1. The van der Waals surface area contributed by atoms with Crippen molar-refractivity contribution in [3.05, 3.63) is 53.6 Å². The van der Waals surface area contributed by atoms with Crippen LogP contribution in [0, 0.1) is 0 Å². The van der Waals surface area contributed by atoms with Gasteiger partial charge in [0.15, 0.2) is 5.88 Å². The molecule has 0 spiro atoms. The standard InChI is InChI=1S/C17H12N2O3/c1-22-12-8-4-6-10-13(17(21)19-14(10)12)15-16(20)9-5-2-3-7-11(9)18-15/h2-8,19,21H,1H3. The monoisotopic (exact) mass is 292 g/mol. The molecule has 0 aliphatic carbocycles. The van der Waals surface area contributed by atoms with E-state index in [2.05, 4.69) is 9.98 Å². The van der Waals surface area contributed by atoms with Crippen LogP contribution in [0.15, 0.2) is 47.5 Å². The number of rotatable bonds is 2. The number of carbonyl (C=O) groups is 1. The van der Waals surface area contributed by atoms with Crippen LogP contribution in [0.1, 0.15) is 15.9 Å². The molecule has 0 saturated carbocycles. The van der Waals surface area contributed by atoms with Crippen LogP contribution in [0.3, 0.4) is 0 Å². The Kier molecular flexibility index (Phi) is 2.56. The number of nitrogens with zero attached hydrogens (tertiary/aromatic N) is 1. The van der Waals surface area contributed by atoms with Crippen molar-refractivity contribution >= 4 is 28.1 Å². The lowest BCUT2D eigenvalue weighted by atomic mass is 10.0. The lowest BCUT2D eigenvalue weighted by molar-refractivity contribution is 0.107. The first-order chi connectivity index (χ1) is 10.7. The van der Waals surface area contributed by atoms with Crippen molar-refractivity contribution in [1.29, 1.82) is 0 Å². The average Bonchev–Trinajstić information content (AvgIpc) is 3.04. The van der Waals surface area contributed by atoms with Gasteiger partial charge in [-0.25, -0.2) is 4.99 Å². The van der Waals surface area contributed by atoms with Crippen molar-refractivity contribution in [2.45, 2.75) is 0 Å². The number of aliphatic imine (C=N–C) groups is 1. The summed E-state index contributed by atoms with van der Waals surface area (Å²) < 4.78 is 5.28. The predicted octanol–water partition coefficient (Wildman–Crippen LogP) is 3.20. The molecule has 108 valence electrons. The van der Waals surface area contributed by atoms with Crippen LogP contribution in [0.25, 0.3) is 10.9 Å². The number of fused-ring (bicyclic) bond motifs is 2. The summed E-state index contributed by atoms with van der Waals surface area (Å²) in [6.45, 7) is 0.